The van der Waals surface area contributed by atoms with Gasteiger partial charge in [-0.25, -0.2) is 4.39 Å². The molecule has 4 nitrogen and oxygen atoms in total. The minimum atomic E-state index is -0.409. The van der Waals surface area contributed by atoms with Gasteiger partial charge < -0.3 is 9.80 Å². The number of likely N-dealkylation sites (tertiary alicyclic amines) is 2. The van der Waals surface area contributed by atoms with Crippen LogP contribution in [0.2, 0.25) is 0 Å². The maximum Gasteiger partial charge on any atom is 0.253 e. The number of nitrogens with zero attached hydrogens (tertiary/aromatic N) is 2. The third-order valence-corrected chi connectivity index (χ3v) is 4.80. The van der Waals surface area contributed by atoms with E-state index < -0.39 is 5.82 Å². The molecule has 2 saturated heterocycles. The number of piperidine rings is 2. The smallest absolute Gasteiger partial charge is 0.253 e. The predicted molar refractivity (Wildman–Crippen MR) is 85.5 cm³/mol. The summed E-state index contributed by atoms with van der Waals surface area (Å²) >= 11 is 0. The fourth-order valence-electron chi connectivity index (χ4n) is 3.54. The summed E-state index contributed by atoms with van der Waals surface area (Å²) in [5, 5.41) is 0. The number of benzene rings is 1. The molecule has 1 atom stereocenters. The quantitative estimate of drug-likeness (QED) is 0.841. The highest BCUT2D eigenvalue weighted by atomic mass is 19.1. The molecule has 0 aliphatic carbocycles. The summed E-state index contributed by atoms with van der Waals surface area (Å²) in [4.78, 5) is 28.8. The van der Waals surface area contributed by atoms with E-state index in [2.05, 4.69) is 0 Å². The van der Waals surface area contributed by atoms with Gasteiger partial charge in [-0.05, 0) is 50.3 Å². The first kappa shape index (κ1) is 16.0. The number of carbonyl (C=O) groups excluding carboxylic acids is 2. The van der Waals surface area contributed by atoms with E-state index in [1.807, 2.05) is 4.90 Å². The van der Waals surface area contributed by atoms with Crippen LogP contribution in [0.1, 0.15) is 42.5 Å². The molecule has 2 aliphatic heterocycles. The highest BCUT2D eigenvalue weighted by Gasteiger charge is 2.32. The van der Waals surface area contributed by atoms with Gasteiger partial charge in [0.1, 0.15) is 5.82 Å². The highest BCUT2D eigenvalue weighted by molar-refractivity contribution is 5.94. The largest absolute Gasteiger partial charge is 0.342 e. The Morgan fingerprint density at radius 1 is 1.00 bits per heavy atom. The average molecular weight is 318 g/mol. The third-order valence-electron chi connectivity index (χ3n) is 4.80. The van der Waals surface area contributed by atoms with Crippen molar-refractivity contribution in [3.05, 3.63) is 35.6 Å². The van der Waals surface area contributed by atoms with Crippen molar-refractivity contribution in [1.82, 2.24) is 9.80 Å². The fourth-order valence-corrected chi connectivity index (χ4v) is 3.54. The summed E-state index contributed by atoms with van der Waals surface area (Å²) in [5.74, 6) is -0.518. The second kappa shape index (κ2) is 7.11. The summed E-state index contributed by atoms with van der Waals surface area (Å²) in [6.45, 7) is 2.77. The first-order chi connectivity index (χ1) is 11.1. The fraction of sp³-hybridized carbons (Fsp3) is 0.556. The van der Waals surface area contributed by atoms with E-state index in [1.165, 1.54) is 18.6 Å². The lowest BCUT2D eigenvalue weighted by molar-refractivity contribution is -0.137. The number of hydrogen-bond acceptors (Lipinski definition) is 2. The molecular formula is C18H23FN2O2. The second-order valence-electron chi connectivity index (χ2n) is 6.49. The molecule has 0 saturated carbocycles. The van der Waals surface area contributed by atoms with E-state index >= 15 is 0 Å². The van der Waals surface area contributed by atoms with Crippen molar-refractivity contribution in [3.63, 3.8) is 0 Å². The molecule has 0 aromatic heterocycles. The van der Waals surface area contributed by atoms with E-state index in [1.54, 1.807) is 17.0 Å². The van der Waals surface area contributed by atoms with Gasteiger partial charge in [0, 0.05) is 31.7 Å². The Bertz CT molecular complexity index is 584. The van der Waals surface area contributed by atoms with Gasteiger partial charge in [0.15, 0.2) is 0 Å². The van der Waals surface area contributed by atoms with Gasteiger partial charge in [-0.2, -0.15) is 0 Å². The number of halogens is 1. The van der Waals surface area contributed by atoms with Gasteiger partial charge in [0.05, 0.1) is 5.92 Å². The molecule has 23 heavy (non-hydrogen) atoms. The molecule has 0 radical (unpaired) electrons. The van der Waals surface area contributed by atoms with Crippen LogP contribution in [0.25, 0.3) is 0 Å². The number of rotatable bonds is 2. The molecule has 0 unspecified atom stereocenters. The minimum Gasteiger partial charge on any atom is -0.342 e. The average Bonchev–Trinajstić information content (AvgIpc) is 2.61. The van der Waals surface area contributed by atoms with E-state index in [0.717, 1.165) is 38.8 Å². The van der Waals surface area contributed by atoms with Crippen LogP contribution in [0.5, 0.6) is 0 Å². The van der Waals surface area contributed by atoms with Crippen molar-refractivity contribution in [1.29, 1.82) is 0 Å². The maximum absolute atomic E-state index is 13.3. The van der Waals surface area contributed by atoms with Crippen LogP contribution in [0, 0.1) is 11.7 Å². The second-order valence-corrected chi connectivity index (χ2v) is 6.49. The Labute approximate surface area is 136 Å². The molecule has 0 N–H and O–H groups in total. The van der Waals surface area contributed by atoms with Crippen LogP contribution in [0.4, 0.5) is 4.39 Å². The molecule has 1 aromatic rings. The van der Waals surface area contributed by atoms with Crippen LogP contribution in [-0.4, -0.2) is 47.8 Å². The Morgan fingerprint density at radius 3 is 2.48 bits per heavy atom. The van der Waals surface area contributed by atoms with Gasteiger partial charge >= 0.3 is 0 Å². The summed E-state index contributed by atoms with van der Waals surface area (Å²) in [6.07, 6.45) is 5.00. The Kier molecular flexibility index (Phi) is 4.94. The maximum atomic E-state index is 13.3. The lowest BCUT2D eigenvalue weighted by Gasteiger charge is -2.36. The van der Waals surface area contributed by atoms with Crippen LogP contribution in [0.15, 0.2) is 24.3 Å². The highest BCUT2D eigenvalue weighted by Crippen LogP contribution is 2.22. The number of hydrogen-bond donors (Lipinski definition) is 0. The molecule has 0 bridgehead atoms. The Hall–Kier alpha value is -1.91. The van der Waals surface area contributed by atoms with Crippen LogP contribution < -0.4 is 0 Å². The monoisotopic (exact) mass is 318 g/mol. The summed E-state index contributed by atoms with van der Waals surface area (Å²) < 4.78 is 13.3. The van der Waals surface area contributed by atoms with Gasteiger partial charge in [0.2, 0.25) is 5.91 Å². The third kappa shape index (κ3) is 3.71. The summed E-state index contributed by atoms with van der Waals surface area (Å²) in [6, 6.07) is 5.76. The molecule has 2 heterocycles. The SMILES string of the molecule is O=C(c1cccc(F)c1)N1CCC[C@H](C(=O)N2CCCCC2)C1. The van der Waals surface area contributed by atoms with Crippen LogP contribution >= 0.6 is 0 Å². The molecule has 2 fully saturated rings. The standard InChI is InChI=1S/C18H23FN2O2/c19-16-8-4-6-14(12-16)17(22)21-11-5-7-15(13-21)18(23)20-9-2-1-3-10-20/h4,6,8,12,15H,1-3,5,7,9-11,13H2/t15-/m0/s1. The zero-order valence-corrected chi connectivity index (χ0v) is 13.3. The first-order valence-corrected chi connectivity index (χ1v) is 8.49. The molecule has 1 aromatic carbocycles. The number of amides is 2. The summed E-state index contributed by atoms with van der Waals surface area (Å²) in [7, 11) is 0. The molecular weight excluding hydrogens is 295 g/mol. The zero-order valence-electron chi connectivity index (χ0n) is 13.3. The molecule has 2 aliphatic rings. The first-order valence-electron chi connectivity index (χ1n) is 8.49. The number of carbonyl (C=O) groups is 2. The van der Waals surface area contributed by atoms with Crippen molar-refractivity contribution in [2.75, 3.05) is 26.2 Å². The van der Waals surface area contributed by atoms with Crippen molar-refractivity contribution >= 4 is 11.8 Å². The minimum absolute atomic E-state index is 0.112. The van der Waals surface area contributed by atoms with Gasteiger partial charge in [0.25, 0.3) is 5.91 Å². The van der Waals surface area contributed by atoms with Crippen molar-refractivity contribution in [2.45, 2.75) is 32.1 Å². The molecule has 2 amide bonds. The normalized spacial score (nSPS) is 22.0. The van der Waals surface area contributed by atoms with Crippen LogP contribution in [0.3, 0.4) is 0 Å². The molecule has 0 spiro atoms. The van der Waals surface area contributed by atoms with Gasteiger partial charge in [-0.15, -0.1) is 0 Å². The van der Waals surface area contributed by atoms with Crippen molar-refractivity contribution in [2.24, 2.45) is 5.92 Å². The van der Waals surface area contributed by atoms with Gasteiger partial charge in [-0.1, -0.05) is 6.07 Å². The van der Waals surface area contributed by atoms with Gasteiger partial charge in [-0.3, -0.25) is 9.59 Å². The van der Waals surface area contributed by atoms with Crippen molar-refractivity contribution < 1.29 is 14.0 Å². The predicted octanol–water partition coefficient (Wildman–Crippen LogP) is 2.69. The van der Waals surface area contributed by atoms with Crippen molar-refractivity contribution in [3.8, 4) is 0 Å². The zero-order chi connectivity index (χ0) is 16.2. The summed E-state index contributed by atoms with van der Waals surface area (Å²) in [5.41, 5.74) is 0.357. The Balaban J connectivity index is 1.65. The lowest BCUT2D eigenvalue weighted by atomic mass is 9.95. The van der Waals surface area contributed by atoms with E-state index in [0.29, 0.717) is 18.7 Å². The molecule has 5 heteroatoms. The molecule has 124 valence electrons. The Morgan fingerprint density at radius 2 is 1.74 bits per heavy atom. The topological polar surface area (TPSA) is 40.6 Å². The van der Waals surface area contributed by atoms with Crippen LogP contribution in [-0.2, 0) is 4.79 Å². The van der Waals surface area contributed by atoms with E-state index in [4.69, 9.17) is 0 Å². The van der Waals surface area contributed by atoms with E-state index in [-0.39, 0.29) is 17.7 Å². The van der Waals surface area contributed by atoms with E-state index in [9.17, 15) is 14.0 Å². The lowest BCUT2D eigenvalue weighted by Crippen LogP contribution is -2.47. The molecule has 3 rings (SSSR count).